The molecule has 1 heterocycles. The second kappa shape index (κ2) is 6.61. The van der Waals surface area contributed by atoms with Crippen LogP contribution in [0.1, 0.15) is 44.9 Å². The van der Waals surface area contributed by atoms with E-state index < -0.39 is 5.97 Å². The molecule has 0 spiro atoms. The molecule has 2 atom stereocenters. The predicted octanol–water partition coefficient (Wildman–Crippen LogP) is 3.60. The van der Waals surface area contributed by atoms with Crippen molar-refractivity contribution in [1.82, 2.24) is 4.90 Å². The minimum Gasteiger partial charge on any atom is -0.481 e. The number of hydrogen-bond acceptors (Lipinski definition) is 2. The fourth-order valence-corrected chi connectivity index (χ4v) is 3.00. The first-order valence-electron chi connectivity index (χ1n) is 7.94. The molecule has 116 valence electrons. The summed E-state index contributed by atoms with van der Waals surface area (Å²) >= 11 is 0. The van der Waals surface area contributed by atoms with E-state index in [0.717, 1.165) is 19.5 Å². The van der Waals surface area contributed by atoms with Crippen molar-refractivity contribution in [2.45, 2.75) is 40.2 Å². The quantitative estimate of drug-likeness (QED) is 0.870. The molecule has 1 aromatic rings. The lowest BCUT2D eigenvalue weighted by molar-refractivity contribution is -0.146. The van der Waals surface area contributed by atoms with Crippen LogP contribution in [0.4, 0.5) is 0 Å². The highest BCUT2D eigenvalue weighted by Crippen LogP contribution is 2.32. The molecule has 21 heavy (non-hydrogen) atoms. The first kappa shape index (κ1) is 16.0. The van der Waals surface area contributed by atoms with Crippen molar-refractivity contribution < 1.29 is 9.90 Å². The van der Waals surface area contributed by atoms with Crippen molar-refractivity contribution in [3.8, 4) is 0 Å². The van der Waals surface area contributed by atoms with Crippen molar-refractivity contribution in [3.63, 3.8) is 0 Å². The molecule has 0 amide bonds. The van der Waals surface area contributed by atoms with Crippen molar-refractivity contribution in [3.05, 3.63) is 35.4 Å². The highest BCUT2D eigenvalue weighted by molar-refractivity contribution is 5.70. The van der Waals surface area contributed by atoms with E-state index in [9.17, 15) is 4.79 Å². The third-order valence-corrected chi connectivity index (χ3v) is 4.69. The van der Waals surface area contributed by atoms with Gasteiger partial charge in [-0.05, 0) is 36.3 Å². The molecular weight excluding hydrogens is 262 g/mol. The summed E-state index contributed by atoms with van der Waals surface area (Å²) in [5, 5.41) is 9.04. The second-order valence-corrected chi connectivity index (χ2v) is 6.86. The Labute approximate surface area is 128 Å². The van der Waals surface area contributed by atoms with Gasteiger partial charge in [0.15, 0.2) is 0 Å². The van der Waals surface area contributed by atoms with Gasteiger partial charge in [0.2, 0.25) is 0 Å². The van der Waals surface area contributed by atoms with Gasteiger partial charge in [-0.15, -0.1) is 0 Å². The third-order valence-electron chi connectivity index (χ3n) is 4.69. The van der Waals surface area contributed by atoms with Crippen LogP contribution < -0.4 is 0 Å². The summed E-state index contributed by atoms with van der Waals surface area (Å²) < 4.78 is 0. The lowest BCUT2D eigenvalue weighted by Gasteiger charge is -2.45. The number of likely N-dealkylation sites (tertiary alicyclic amines) is 1. The molecule has 0 aromatic heterocycles. The number of aliphatic carboxylic acids is 1. The topological polar surface area (TPSA) is 40.5 Å². The molecule has 1 N–H and O–H groups in total. The molecule has 0 radical (unpaired) electrons. The summed E-state index contributed by atoms with van der Waals surface area (Å²) in [4.78, 5) is 13.3. The third kappa shape index (κ3) is 3.85. The first-order valence-corrected chi connectivity index (χ1v) is 7.94. The maximum absolute atomic E-state index is 11.0. The van der Waals surface area contributed by atoms with Crippen molar-refractivity contribution >= 4 is 5.97 Å². The molecule has 3 heteroatoms. The Morgan fingerprint density at radius 1 is 1.19 bits per heavy atom. The van der Waals surface area contributed by atoms with Gasteiger partial charge in [0.1, 0.15) is 0 Å². The van der Waals surface area contributed by atoms with Crippen LogP contribution in [-0.4, -0.2) is 29.1 Å². The number of carboxylic acids is 1. The highest BCUT2D eigenvalue weighted by atomic mass is 16.4. The SMILES string of the molecule is CC(C)Cc1ccc(C(C)N2CC(C(C)C(=O)O)C2)cc1. The minimum absolute atomic E-state index is 0.234. The number of rotatable bonds is 6. The molecular formula is C18H27NO2. The van der Waals surface area contributed by atoms with Crippen LogP contribution in [-0.2, 0) is 11.2 Å². The highest BCUT2D eigenvalue weighted by Gasteiger charge is 2.36. The lowest BCUT2D eigenvalue weighted by Crippen LogP contribution is -2.51. The summed E-state index contributed by atoms with van der Waals surface area (Å²) in [5.41, 5.74) is 2.71. The average molecular weight is 289 g/mol. The van der Waals surface area contributed by atoms with E-state index in [1.807, 2.05) is 6.92 Å². The average Bonchev–Trinajstić information content (AvgIpc) is 2.36. The molecule has 1 aliphatic heterocycles. The Balaban J connectivity index is 1.90. The van der Waals surface area contributed by atoms with E-state index in [-0.39, 0.29) is 5.92 Å². The summed E-state index contributed by atoms with van der Waals surface area (Å²) in [6.45, 7) is 10.3. The zero-order valence-electron chi connectivity index (χ0n) is 13.5. The molecule has 0 bridgehead atoms. The minimum atomic E-state index is -0.676. The van der Waals surface area contributed by atoms with Gasteiger partial charge in [0.25, 0.3) is 0 Å². The number of carbonyl (C=O) groups is 1. The first-order chi connectivity index (χ1) is 9.88. The molecule has 1 saturated heterocycles. The summed E-state index contributed by atoms with van der Waals surface area (Å²) in [6.07, 6.45) is 1.12. The van der Waals surface area contributed by atoms with E-state index >= 15 is 0 Å². The number of hydrogen-bond donors (Lipinski definition) is 1. The summed E-state index contributed by atoms with van der Waals surface area (Å²) in [6, 6.07) is 9.26. The van der Waals surface area contributed by atoms with Crippen LogP contribution in [0.25, 0.3) is 0 Å². The molecule has 1 fully saturated rings. The van der Waals surface area contributed by atoms with E-state index in [0.29, 0.717) is 17.9 Å². The van der Waals surface area contributed by atoms with E-state index in [1.165, 1.54) is 11.1 Å². The maximum atomic E-state index is 11.0. The molecule has 0 saturated carbocycles. The van der Waals surface area contributed by atoms with E-state index in [2.05, 4.69) is 49.9 Å². The maximum Gasteiger partial charge on any atom is 0.306 e. The normalized spacial score (nSPS) is 19.3. The predicted molar refractivity (Wildman–Crippen MR) is 85.3 cm³/mol. The monoisotopic (exact) mass is 289 g/mol. The molecule has 1 aliphatic rings. The van der Waals surface area contributed by atoms with Gasteiger partial charge in [0, 0.05) is 19.1 Å². The van der Waals surface area contributed by atoms with E-state index in [4.69, 9.17) is 5.11 Å². The largest absolute Gasteiger partial charge is 0.481 e. The van der Waals surface area contributed by atoms with Gasteiger partial charge in [-0.2, -0.15) is 0 Å². The summed E-state index contributed by atoms with van der Waals surface area (Å²) in [7, 11) is 0. The number of carboxylic acid groups (broad SMARTS) is 1. The van der Waals surface area contributed by atoms with Gasteiger partial charge in [-0.1, -0.05) is 45.0 Å². The molecule has 2 unspecified atom stereocenters. The molecule has 0 aliphatic carbocycles. The summed E-state index contributed by atoms with van der Waals surface area (Å²) in [5.74, 6) is 0.0688. The lowest BCUT2D eigenvalue weighted by atomic mass is 9.85. The fraction of sp³-hybridized carbons (Fsp3) is 0.611. The number of nitrogens with zero attached hydrogens (tertiary/aromatic N) is 1. The Kier molecular flexibility index (Phi) is 5.04. The van der Waals surface area contributed by atoms with Gasteiger partial charge in [-0.25, -0.2) is 0 Å². The van der Waals surface area contributed by atoms with Crippen molar-refractivity contribution in [2.24, 2.45) is 17.8 Å². The second-order valence-electron chi connectivity index (χ2n) is 6.86. The van der Waals surface area contributed by atoms with Crippen LogP contribution in [0.5, 0.6) is 0 Å². The molecule has 2 rings (SSSR count). The Morgan fingerprint density at radius 3 is 2.24 bits per heavy atom. The smallest absolute Gasteiger partial charge is 0.306 e. The standard InChI is InChI=1S/C18H27NO2/c1-12(2)9-15-5-7-16(8-6-15)14(4)19-10-17(11-19)13(3)18(20)21/h5-8,12-14,17H,9-11H2,1-4H3,(H,20,21). The zero-order chi connectivity index (χ0) is 15.6. The van der Waals surface area contributed by atoms with Crippen LogP contribution in [0.3, 0.4) is 0 Å². The Morgan fingerprint density at radius 2 is 1.76 bits per heavy atom. The Hall–Kier alpha value is -1.35. The number of benzene rings is 1. The Bertz CT molecular complexity index is 474. The van der Waals surface area contributed by atoms with Gasteiger partial charge < -0.3 is 5.11 Å². The molecule has 1 aromatic carbocycles. The van der Waals surface area contributed by atoms with Gasteiger partial charge in [0.05, 0.1) is 5.92 Å². The van der Waals surface area contributed by atoms with Crippen LogP contribution in [0.2, 0.25) is 0 Å². The molecule has 3 nitrogen and oxygen atoms in total. The van der Waals surface area contributed by atoms with Crippen LogP contribution >= 0.6 is 0 Å². The van der Waals surface area contributed by atoms with Crippen LogP contribution in [0.15, 0.2) is 24.3 Å². The van der Waals surface area contributed by atoms with Crippen molar-refractivity contribution in [1.29, 1.82) is 0 Å². The zero-order valence-corrected chi connectivity index (χ0v) is 13.5. The fourth-order valence-electron chi connectivity index (χ4n) is 3.00. The van der Waals surface area contributed by atoms with E-state index in [1.54, 1.807) is 0 Å². The van der Waals surface area contributed by atoms with Gasteiger partial charge in [-0.3, -0.25) is 9.69 Å². The van der Waals surface area contributed by atoms with Gasteiger partial charge >= 0.3 is 5.97 Å². The van der Waals surface area contributed by atoms with Crippen molar-refractivity contribution in [2.75, 3.05) is 13.1 Å². The van der Waals surface area contributed by atoms with Crippen LogP contribution in [0, 0.1) is 17.8 Å².